The highest BCUT2D eigenvalue weighted by atomic mass is 16.5. The minimum Gasteiger partial charge on any atom is -0.511 e. The highest BCUT2D eigenvalue weighted by molar-refractivity contribution is 6.17. The molecule has 19 heavy (non-hydrogen) atoms. The lowest BCUT2D eigenvalue weighted by Gasteiger charge is -2.23. The summed E-state index contributed by atoms with van der Waals surface area (Å²) in [6, 6.07) is 6.99. The Labute approximate surface area is 110 Å². The number of hydrogen-bond donors (Lipinski definition) is 1. The summed E-state index contributed by atoms with van der Waals surface area (Å²) in [5.41, 5.74) is 0.480. The monoisotopic (exact) mass is 262 g/mol. The molecule has 1 aliphatic heterocycles. The molecule has 0 saturated carbocycles. The van der Waals surface area contributed by atoms with E-state index in [-0.39, 0.29) is 17.8 Å². The first-order chi connectivity index (χ1) is 9.02. The van der Waals surface area contributed by atoms with E-state index in [1.807, 2.05) is 0 Å². The van der Waals surface area contributed by atoms with Gasteiger partial charge in [-0.2, -0.15) is 0 Å². The van der Waals surface area contributed by atoms with Crippen LogP contribution in [-0.2, 0) is 14.3 Å². The van der Waals surface area contributed by atoms with Crippen molar-refractivity contribution < 1.29 is 24.2 Å². The van der Waals surface area contributed by atoms with Crippen LogP contribution in [0.25, 0.3) is 0 Å². The molecule has 0 bridgehead atoms. The minimum absolute atomic E-state index is 0.104. The maximum absolute atomic E-state index is 11.7. The van der Waals surface area contributed by atoms with Gasteiger partial charge in [-0.1, -0.05) is 12.1 Å². The molecule has 2 rings (SSSR count). The fraction of sp³-hybridized carbons (Fsp3) is 0.286. The number of cyclic esters (lactones) is 1. The SMILES string of the molecule is COc1ccc(C2CC(O)=C(C(C)=O)C(=O)O2)cc1. The van der Waals surface area contributed by atoms with Crippen molar-refractivity contribution in [3.05, 3.63) is 41.2 Å². The van der Waals surface area contributed by atoms with Crippen LogP contribution in [-0.4, -0.2) is 24.0 Å². The van der Waals surface area contributed by atoms with Crippen molar-refractivity contribution in [2.45, 2.75) is 19.4 Å². The molecule has 0 spiro atoms. The molecule has 0 fully saturated rings. The zero-order valence-electron chi connectivity index (χ0n) is 10.7. The molecule has 0 amide bonds. The number of Topliss-reactive ketones (excluding diaryl/α,β-unsaturated/α-hetero) is 1. The van der Waals surface area contributed by atoms with E-state index in [1.54, 1.807) is 31.4 Å². The molecule has 0 aromatic heterocycles. The van der Waals surface area contributed by atoms with Gasteiger partial charge in [0.25, 0.3) is 0 Å². The topological polar surface area (TPSA) is 72.8 Å². The number of ether oxygens (including phenoxy) is 2. The maximum atomic E-state index is 11.7. The van der Waals surface area contributed by atoms with Crippen molar-refractivity contribution in [3.63, 3.8) is 0 Å². The van der Waals surface area contributed by atoms with E-state index in [2.05, 4.69) is 0 Å². The average Bonchev–Trinajstić information content (AvgIpc) is 2.37. The molecule has 1 aromatic rings. The van der Waals surface area contributed by atoms with Gasteiger partial charge in [-0.25, -0.2) is 4.79 Å². The zero-order valence-corrected chi connectivity index (χ0v) is 10.7. The summed E-state index contributed by atoms with van der Waals surface area (Å²) in [5, 5.41) is 9.78. The van der Waals surface area contributed by atoms with Crippen molar-refractivity contribution in [2.24, 2.45) is 0 Å². The average molecular weight is 262 g/mol. The number of aliphatic hydroxyl groups is 1. The fourth-order valence-electron chi connectivity index (χ4n) is 1.98. The molecule has 1 aromatic carbocycles. The van der Waals surface area contributed by atoms with E-state index >= 15 is 0 Å². The number of benzene rings is 1. The summed E-state index contributed by atoms with van der Waals surface area (Å²) in [4.78, 5) is 22.9. The second kappa shape index (κ2) is 5.14. The third-order valence-electron chi connectivity index (χ3n) is 2.96. The lowest BCUT2D eigenvalue weighted by Crippen LogP contribution is -2.24. The van der Waals surface area contributed by atoms with Crippen LogP contribution in [0.2, 0.25) is 0 Å². The normalized spacial score (nSPS) is 19.1. The van der Waals surface area contributed by atoms with E-state index in [1.165, 1.54) is 6.92 Å². The van der Waals surface area contributed by atoms with Gasteiger partial charge in [0, 0.05) is 6.42 Å². The standard InChI is InChI=1S/C14H14O5/c1-8(15)13-11(16)7-12(19-14(13)17)9-3-5-10(18-2)6-4-9/h3-6,12,16H,7H2,1-2H3. The van der Waals surface area contributed by atoms with Crippen molar-refractivity contribution in [2.75, 3.05) is 7.11 Å². The molecular weight excluding hydrogens is 248 g/mol. The molecule has 100 valence electrons. The maximum Gasteiger partial charge on any atom is 0.345 e. The van der Waals surface area contributed by atoms with E-state index in [0.29, 0.717) is 5.75 Å². The van der Waals surface area contributed by atoms with E-state index in [9.17, 15) is 14.7 Å². The van der Waals surface area contributed by atoms with Crippen molar-refractivity contribution >= 4 is 11.8 Å². The number of methoxy groups -OCH3 is 1. The van der Waals surface area contributed by atoms with Crippen molar-refractivity contribution in [3.8, 4) is 5.75 Å². The summed E-state index contributed by atoms with van der Waals surface area (Å²) < 4.78 is 10.2. The molecule has 5 nitrogen and oxygen atoms in total. The highest BCUT2D eigenvalue weighted by Gasteiger charge is 2.32. The van der Waals surface area contributed by atoms with Gasteiger partial charge in [0.15, 0.2) is 5.78 Å². The van der Waals surface area contributed by atoms with Crippen LogP contribution < -0.4 is 4.74 Å². The van der Waals surface area contributed by atoms with Gasteiger partial charge in [-0.3, -0.25) is 4.79 Å². The van der Waals surface area contributed by atoms with Crippen LogP contribution in [0.3, 0.4) is 0 Å². The number of esters is 1. The number of carbonyl (C=O) groups is 2. The van der Waals surface area contributed by atoms with Crippen LogP contribution in [0.5, 0.6) is 5.75 Å². The molecule has 5 heteroatoms. The molecule has 1 heterocycles. The first-order valence-corrected chi connectivity index (χ1v) is 5.81. The minimum atomic E-state index is -0.780. The van der Waals surface area contributed by atoms with Gasteiger partial charge in [-0.15, -0.1) is 0 Å². The molecule has 1 aliphatic rings. The van der Waals surface area contributed by atoms with Gasteiger partial charge >= 0.3 is 5.97 Å². The van der Waals surface area contributed by atoms with Crippen LogP contribution in [0, 0.1) is 0 Å². The van der Waals surface area contributed by atoms with Gasteiger partial charge < -0.3 is 14.6 Å². The Kier molecular flexibility index (Phi) is 3.55. The Morgan fingerprint density at radius 2 is 2.00 bits per heavy atom. The fourth-order valence-corrected chi connectivity index (χ4v) is 1.98. The number of aliphatic hydroxyl groups excluding tert-OH is 1. The summed E-state index contributed by atoms with van der Waals surface area (Å²) >= 11 is 0. The van der Waals surface area contributed by atoms with Crippen LogP contribution >= 0.6 is 0 Å². The number of ketones is 1. The third kappa shape index (κ3) is 2.59. The Morgan fingerprint density at radius 1 is 1.37 bits per heavy atom. The second-order valence-electron chi connectivity index (χ2n) is 4.25. The van der Waals surface area contributed by atoms with Crippen molar-refractivity contribution in [1.82, 2.24) is 0 Å². The van der Waals surface area contributed by atoms with Crippen LogP contribution in [0.15, 0.2) is 35.6 Å². The summed E-state index contributed by atoms with van der Waals surface area (Å²) in [5.74, 6) is -0.799. The smallest absolute Gasteiger partial charge is 0.345 e. The number of hydrogen-bond acceptors (Lipinski definition) is 5. The zero-order chi connectivity index (χ0) is 14.0. The molecule has 1 atom stereocenters. The molecular formula is C14H14O5. The first kappa shape index (κ1) is 13.1. The van der Waals surface area contributed by atoms with Gasteiger partial charge in [-0.05, 0) is 24.6 Å². The third-order valence-corrected chi connectivity index (χ3v) is 2.96. The predicted molar refractivity (Wildman–Crippen MR) is 66.8 cm³/mol. The largest absolute Gasteiger partial charge is 0.511 e. The van der Waals surface area contributed by atoms with Gasteiger partial charge in [0.05, 0.1) is 7.11 Å². The predicted octanol–water partition coefficient (Wildman–Crippen LogP) is 2.08. The lowest BCUT2D eigenvalue weighted by molar-refractivity contribution is -0.148. The van der Waals surface area contributed by atoms with Gasteiger partial charge in [0.2, 0.25) is 0 Å². The first-order valence-electron chi connectivity index (χ1n) is 5.81. The summed E-state index contributed by atoms with van der Waals surface area (Å²) in [6.07, 6.45) is -0.478. The Bertz CT molecular complexity index is 541. The van der Waals surface area contributed by atoms with E-state index < -0.39 is 17.9 Å². The van der Waals surface area contributed by atoms with E-state index in [0.717, 1.165) is 5.56 Å². The summed E-state index contributed by atoms with van der Waals surface area (Å²) in [6.45, 7) is 1.22. The van der Waals surface area contributed by atoms with Crippen LogP contribution in [0.1, 0.15) is 25.0 Å². The molecule has 1 N–H and O–H groups in total. The molecule has 0 saturated heterocycles. The highest BCUT2D eigenvalue weighted by Crippen LogP contribution is 2.32. The Hall–Kier alpha value is -2.30. The Balaban J connectivity index is 2.25. The second-order valence-corrected chi connectivity index (χ2v) is 4.25. The molecule has 0 radical (unpaired) electrons. The lowest BCUT2D eigenvalue weighted by atomic mass is 9.99. The molecule has 1 unspecified atom stereocenters. The van der Waals surface area contributed by atoms with Crippen LogP contribution in [0.4, 0.5) is 0 Å². The van der Waals surface area contributed by atoms with Gasteiger partial charge in [0.1, 0.15) is 23.2 Å². The number of rotatable bonds is 3. The van der Waals surface area contributed by atoms with Crippen molar-refractivity contribution in [1.29, 1.82) is 0 Å². The number of carbonyl (C=O) groups excluding carboxylic acids is 2. The quantitative estimate of drug-likeness (QED) is 0.667. The Morgan fingerprint density at radius 3 is 2.47 bits per heavy atom. The van der Waals surface area contributed by atoms with E-state index in [4.69, 9.17) is 9.47 Å². The summed E-state index contributed by atoms with van der Waals surface area (Å²) in [7, 11) is 1.56. The molecule has 0 aliphatic carbocycles.